The number of ether oxygens (including phenoxy) is 1. The van der Waals surface area contributed by atoms with Gasteiger partial charge in [-0.2, -0.15) is 4.98 Å². The Hall–Kier alpha value is -3.51. The third-order valence-electron chi connectivity index (χ3n) is 6.30. The number of rotatable bonds is 5. The van der Waals surface area contributed by atoms with E-state index >= 15 is 0 Å². The first kappa shape index (κ1) is 23.2. The number of hydrogen-bond acceptors (Lipinski definition) is 11. The fraction of sp³-hybridized carbons (Fsp3) is 0.435. The van der Waals surface area contributed by atoms with Gasteiger partial charge in [-0.15, -0.1) is 11.3 Å². The van der Waals surface area contributed by atoms with Gasteiger partial charge in [-0.3, -0.25) is 4.79 Å². The lowest BCUT2D eigenvalue weighted by atomic mass is 10.2. The monoisotopic (exact) mass is 495 g/mol. The highest BCUT2D eigenvalue weighted by molar-refractivity contribution is 7.16. The first-order valence-corrected chi connectivity index (χ1v) is 12.4. The summed E-state index contributed by atoms with van der Waals surface area (Å²) in [5.74, 6) is 1.97. The highest BCUT2D eigenvalue weighted by atomic mass is 32.1. The van der Waals surface area contributed by atoms with Crippen LogP contribution in [0.5, 0.6) is 5.75 Å². The van der Waals surface area contributed by atoms with E-state index in [1.807, 2.05) is 38.1 Å². The Morgan fingerprint density at radius 1 is 1.11 bits per heavy atom. The second-order valence-corrected chi connectivity index (χ2v) is 9.74. The van der Waals surface area contributed by atoms with Crippen LogP contribution in [0.3, 0.4) is 0 Å². The van der Waals surface area contributed by atoms with Crippen LogP contribution in [-0.2, 0) is 0 Å². The maximum atomic E-state index is 13.2. The van der Waals surface area contributed by atoms with Crippen LogP contribution in [0.1, 0.15) is 22.4 Å². The van der Waals surface area contributed by atoms with Crippen LogP contribution in [-0.4, -0.2) is 84.7 Å². The fourth-order valence-electron chi connectivity index (χ4n) is 4.32. The number of pyridine rings is 1. The van der Waals surface area contributed by atoms with Crippen molar-refractivity contribution in [1.29, 1.82) is 0 Å². The summed E-state index contributed by atoms with van der Waals surface area (Å²) in [5, 5.41) is 4.79. The number of hydrogen-bond donors (Lipinski definition) is 1. The molecule has 184 valence electrons. The lowest BCUT2D eigenvalue weighted by molar-refractivity contribution is 0.0985. The van der Waals surface area contributed by atoms with E-state index in [1.54, 1.807) is 18.2 Å². The van der Waals surface area contributed by atoms with Crippen molar-refractivity contribution in [3.8, 4) is 5.75 Å². The van der Waals surface area contributed by atoms with E-state index in [4.69, 9.17) is 9.72 Å². The van der Waals surface area contributed by atoms with Crippen LogP contribution >= 0.6 is 11.3 Å². The van der Waals surface area contributed by atoms with E-state index in [2.05, 4.69) is 37.1 Å². The van der Waals surface area contributed by atoms with Gasteiger partial charge < -0.3 is 29.7 Å². The zero-order valence-electron chi connectivity index (χ0n) is 20.6. The molecule has 0 bridgehead atoms. The van der Waals surface area contributed by atoms with E-state index in [-0.39, 0.29) is 5.91 Å². The van der Waals surface area contributed by atoms with Crippen molar-refractivity contribution in [3.63, 3.8) is 0 Å². The summed E-state index contributed by atoms with van der Waals surface area (Å²) in [6.45, 7) is 8.21. The van der Waals surface area contributed by atoms with Crippen molar-refractivity contribution in [2.75, 3.05) is 73.9 Å². The van der Waals surface area contributed by atoms with Crippen molar-refractivity contribution >= 4 is 51.2 Å². The molecule has 3 aromatic rings. The van der Waals surface area contributed by atoms with Gasteiger partial charge in [0.2, 0.25) is 5.95 Å². The minimum Gasteiger partial charge on any atom is -0.493 e. The van der Waals surface area contributed by atoms with Gasteiger partial charge in [0.05, 0.1) is 30.2 Å². The number of carbonyl (C=O) groups is 1. The van der Waals surface area contributed by atoms with E-state index in [1.165, 1.54) is 11.3 Å². The van der Waals surface area contributed by atoms with E-state index < -0.39 is 0 Å². The number of amides is 1. The molecule has 0 spiro atoms. The Morgan fingerprint density at radius 2 is 1.89 bits per heavy atom. The number of piperazine rings is 1. The van der Waals surface area contributed by atoms with Gasteiger partial charge in [-0.1, -0.05) is 0 Å². The summed E-state index contributed by atoms with van der Waals surface area (Å²) in [7, 11) is 5.65. The molecule has 5 rings (SSSR count). The Bertz CT molecular complexity index is 1260. The molecule has 1 N–H and O–H groups in total. The van der Waals surface area contributed by atoms with Gasteiger partial charge in [0.15, 0.2) is 23.1 Å². The second kappa shape index (κ2) is 9.27. The third kappa shape index (κ3) is 4.23. The minimum absolute atomic E-state index is 0.149. The number of anilines is 6. The molecule has 5 heterocycles. The third-order valence-corrected chi connectivity index (χ3v) is 7.35. The standard InChI is InChI=1S/C23H29N9O2S/c1-6-32-16-13-25-23(28-20(16)30(4)22-18(21(32)33)26-14(2)35-22)27-19-17(34-5)11-15(12-24-19)31-9-7-29(3)8-10-31/h11-13H,6-10H2,1-5H3,(H,24,25,27,28). The molecule has 0 aromatic carbocycles. The first-order valence-electron chi connectivity index (χ1n) is 11.5. The number of nitrogens with zero attached hydrogens (tertiary/aromatic N) is 8. The molecule has 0 radical (unpaired) electrons. The number of methoxy groups -OCH3 is 1. The zero-order valence-corrected chi connectivity index (χ0v) is 21.4. The smallest absolute Gasteiger partial charge is 0.280 e. The predicted octanol–water partition coefficient (Wildman–Crippen LogP) is 2.89. The molecule has 35 heavy (non-hydrogen) atoms. The molecular formula is C23H29N9O2S. The van der Waals surface area contributed by atoms with Crippen LogP contribution in [0.25, 0.3) is 0 Å². The average molecular weight is 496 g/mol. The quantitative estimate of drug-likeness (QED) is 0.568. The average Bonchev–Trinajstić information content (AvgIpc) is 3.24. The SMILES string of the molecule is CCN1C(=O)c2nc(C)sc2N(C)c2nc(Nc3ncc(N4CCN(C)CC4)cc3OC)ncc21. The number of aromatic nitrogens is 4. The molecule has 0 unspecified atom stereocenters. The maximum Gasteiger partial charge on any atom is 0.280 e. The summed E-state index contributed by atoms with van der Waals surface area (Å²) >= 11 is 1.47. The van der Waals surface area contributed by atoms with Gasteiger partial charge in [-0.25, -0.2) is 15.0 Å². The summed E-state index contributed by atoms with van der Waals surface area (Å²) in [6, 6.07) is 1.99. The molecule has 11 nitrogen and oxygen atoms in total. The predicted molar refractivity (Wildman–Crippen MR) is 138 cm³/mol. The number of likely N-dealkylation sites (N-methyl/N-ethyl adjacent to an activating group) is 1. The number of thiazole rings is 1. The lowest BCUT2D eigenvalue weighted by Gasteiger charge is -2.34. The maximum absolute atomic E-state index is 13.2. The molecule has 1 amide bonds. The van der Waals surface area contributed by atoms with Crippen LogP contribution in [0.4, 0.5) is 34.0 Å². The van der Waals surface area contributed by atoms with Crippen molar-refractivity contribution in [2.24, 2.45) is 0 Å². The largest absolute Gasteiger partial charge is 0.493 e. The van der Waals surface area contributed by atoms with Crippen molar-refractivity contribution in [3.05, 3.63) is 29.2 Å². The number of nitrogens with one attached hydrogen (secondary N) is 1. The lowest BCUT2D eigenvalue weighted by Crippen LogP contribution is -2.44. The molecule has 1 fully saturated rings. The van der Waals surface area contributed by atoms with Gasteiger partial charge >= 0.3 is 0 Å². The normalized spacial score (nSPS) is 16.1. The van der Waals surface area contributed by atoms with Gasteiger partial charge in [0.25, 0.3) is 5.91 Å². The summed E-state index contributed by atoms with van der Waals surface area (Å²) in [6.07, 6.45) is 3.51. The number of fused-ring (bicyclic) bond motifs is 2. The molecule has 0 aliphatic carbocycles. The van der Waals surface area contributed by atoms with E-state index in [0.717, 1.165) is 41.9 Å². The van der Waals surface area contributed by atoms with Crippen LogP contribution in [0.15, 0.2) is 18.5 Å². The van der Waals surface area contributed by atoms with Crippen LogP contribution in [0.2, 0.25) is 0 Å². The topological polar surface area (TPSA) is 103 Å². The van der Waals surface area contributed by atoms with Crippen molar-refractivity contribution in [1.82, 2.24) is 24.8 Å². The van der Waals surface area contributed by atoms with Gasteiger partial charge in [0, 0.05) is 45.8 Å². The Labute approximate surface area is 208 Å². The second-order valence-electron chi connectivity index (χ2n) is 8.56. The van der Waals surface area contributed by atoms with Gasteiger partial charge in [-0.05, 0) is 20.9 Å². The minimum atomic E-state index is -0.149. The van der Waals surface area contributed by atoms with E-state index in [9.17, 15) is 4.79 Å². The first-order chi connectivity index (χ1) is 16.9. The van der Waals surface area contributed by atoms with Crippen molar-refractivity contribution in [2.45, 2.75) is 13.8 Å². The molecule has 3 aromatic heterocycles. The molecule has 2 aliphatic rings. The molecule has 1 saturated heterocycles. The summed E-state index contributed by atoms with van der Waals surface area (Å²) in [4.78, 5) is 39.7. The molecule has 2 aliphatic heterocycles. The zero-order chi connectivity index (χ0) is 24.7. The highest BCUT2D eigenvalue weighted by Gasteiger charge is 2.33. The Kier molecular flexibility index (Phi) is 6.15. The van der Waals surface area contributed by atoms with Crippen LogP contribution in [0, 0.1) is 6.92 Å². The fourth-order valence-corrected chi connectivity index (χ4v) is 5.19. The molecule has 0 saturated carbocycles. The molecule has 12 heteroatoms. The van der Waals surface area contributed by atoms with Crippen LogP contribution < -0.4 is 24.8 Å². The number of aryl methyl sites for hydroxylation is 1. The van der Waals surface area contributed by atoms with E-state index in [0.29, 0.717) is 41.3 Å². The van der Waals surface area contributed by atoms with Gasteiger partial charge in [0.1, 0.15) is 10.7 Å². The Morgan fingerprint density at radius 3 is 2.60 bits per heavy atom. The molecular weight excluding hydrogens is 466 g/mol. The highest BCUT2D eigenvalue weighted by Crippen LogP contribution is 2.41. The molecule has 0 atom stereocenters. The number of carbonyl (C=O) groups excluding carboxylic acids is 1. The Balaban J connectivity index is 1.46. The van der Waals surface area contributed by atoms with Crippen molar-refractivity contribution < 1.29 is 9.53 Å². The summed E-state index contributed by atoms with van der Waals surface area (Å²) < 4.78 is 5.63. The summed E-state index contributed by atoms with van der Waals surface area (Å²) in [5.41, 5.74) is 2.10.